The van der Waals surface area contributed by atoms with Gasteiger partial charge in [-0.1, -0.05) is 191 Å². The van der Waals surface area contributed by atoms with Crippen LogP contribution in [0.5, 0.6) is 0 Å². The van der Waals surface area contributed by atoms with Gasteiger partial charge < -0.3 is 51.8 Å². The topological polar surface area (TPSA) is 256 Å². The molecule has 0 radical (unpaired) electrons. The van der Waals surface area contributed by atoms with E-state index in [0.29, 0.717) is 93.5 Å². The van der Waals surface area contributed by atoms with Crippen LogP contribution in [0.2, 0.25) is 5.02 Å². The molecule has 0 amide bonds. The Hall–Kier alpha value is -9.40. The fraction of sp³-hybridized carbons (Fsp3) is 0.174. The number of anilines is 1. The molecule has 17 nitrogen and oxygen atoms in total. The molecule has 0 saturated carbocycles. The van der Waals surface area contributed by atoms with E-state index in [1.54, 1.807) is 109 Å². The predicted octanol–water partition coefficient (Wildman–Crippen LogP) is 15.8. The Kier molecular flexibility index (Phi) is 46.9. The van der Waals surface area contributed by atoms with Crippen molar-refractivity contribution in [1.82, 2.24) is 10.3 Å². The van der Waals surface area contributed by atoms with Crippen LogP contribution in [-0.2, 0) is 41.2 Å². The number of carbonyl (C=O) groups excluding carboxylic acids is 6. The van der Waals surface area contributed by atoms with Gasteiger partial charge in [0.05, 0.1) is 50.8 Å². The first-order valence-electron chi connectivity index (χ1n) is 34.9. The summed E-state index contributed by atoms with van der Waals surface area (Å²) in [7, 11) is 1.21. The molecule has 13 rings (SSSR count). The average Bonchev–Trinajstić information content (AvgIpc) is 1.66. The molecule has 2 aliphatic rings. The number of Topliss-reactive ketones (excluding diaryl/α,β-unsaturated/α-hetero) is 4. The van der Waals surface area contributed by atoms with Gasteiger partial charge in [-0.25, -0.2) is 41.8 Å². The van der Waals surface area contributed by atoms with Crippen LogP contribution < -0.4 is 45.2 Å². The van der Waals surface area contributed by atoms with Gasteiger partial charge in [0, 0.05) is 80.4 Å². The molecule has 0 bridgehead atoms. The first-order chi connectivity index (χ1) is 56.4. The molecule has 3 heterocycles. The van der Waals surface area contributed by atoms with E-state index >= 15 is 0 Å². The fourth-order valence-electron chi connectivity index (χ4n) is 10.1. The van der Waals surface area contributed by atoms with E-state index in [9.17, 15) is 63.9 Å². The zero-order valence-corrected chi connectivity index (χ0v) is 73.2. The third-order valence-corrected chi connectivity index (χ3v) is 18.3. The number of nitrogens with one attached hydrogen (secondary N) is 1. The molecule has 2 saturated heterocycles. The number of benzene rings is 10. The van der Waals surface area contributed by atoms with Gasteiger partial charge in [0.25, 0.3) is 0 Å². The third-order valence-electron chi connectivity index (χ3n) is 16.1. The van der Waals surface area contributed by atoms with E-state index in [1.165, 1.54) is 118 Å². The van der Waals surface area contributed by atoms with Crippen molar-refractivity contribution in [2.75, 3.05) is 69.6 Å². The van der Waals surface area contributed by atoms with Crippen molar-refractivity contribution in [2.45, 2.75) is 30.2 Å². The summed E-state index contributed by atoms with van der Waals surface area (Å²) in [5.41, 5.74) is 12.4. The number of hydrogen-bond acceptors (Lipinski definition) is 20. The second kappa shape index (κ2) is 54.7. The molecule has 2 aliphatic heterocycles. The Morgan fingerprint density at radius 2 is 0.891 bits per heavy atom. The number of ether oxygens (including phenoxy) is 4. The summed E-state index contributed by atoms with van der Waals surface area (Å²) >= 11 is 15.3. The van der Waals surface area contributed by atoms with Crippen LogP contribution in [-0.4, -0.2) is 138 Å². The number of thioether (sulfide) groups is 1. The summed E-state index contributed by atoms with van der Waals surface area (Å²) < 4.78 is 110. The summed E-state index contributed by atoms with van der Waals surface area (Å²) in [5, 5.41) is 42.7. The van der Waals surface area contributed by atoms with Crippen LogP contribution in [0.4, 0.5) is 40.3 Å². The Balaban J connectivity index is 0.000000295. The van der Waals surface area contributed by atoms with E-state index in [0.717, 1.165) is 79.2 Å². The molecule has 1 aromatic heterocycles. The Morgan fingerprint density at radius 1 is 0.571 bits per heavy atom. The molecular weight excluding hydrogens is 1820 g/mol. The molecule has 2 unspecified atom stereocenters. The summed E-state index contributed by atoms with van der Waals surface area (Å²) in [6.45, 7) is 6.60. The van der Waals surface area contributed by atoms with E-state index in [4.69, 9.17) is 51.4 Å². The van der Waals surface area contributed by atoms with Crippen LogP contribution >= 0.6 is 73.2 Å². The summed E-state index contributed by atoms with van der Waals surface area (Å²) in [6.07, 6.45) is -0.986. The molecule has 2 fully saturated rings. The minimum Gasteiger partial charge on any atom is -0.696 e. The third kappa shape index (κ3) is 38.3. The predicted molar refractivity (Wildman–Crippen MR) is 458 cm³/mol. The van der Waals surface area contributed by atoms with Crippen LogP contribution in [0.25, 0.3) is 55.8 Å². The average molecular weight is 1890 g/mol. The number of ketones is 4. The van der Waals surface area contributed by atoms with Crippen molar-refractivity contribution >= 4 is 139 Å². The van der Waals surface area contributed by atoms with Crippen LogP contribution in [0, 0.1) is 50.4 Å². The van der Waals surface area contributed by atoms with Crippen molar-refractivity contribution in [3.63, 3.8) is 0 Å². The van der Waals surface area contributed by atoms with Crippen molar-refractivity contribution in [1.29, 1.82) is 10.5 Å². The number of morpholine rings is 2. The van der Waals surface area contributed by atoms with E-state index < -0.39 is 23.5 Å². The minimum absolute atomic E-state index is 0. The minimum atomic E-state index is -4.03. The van der Waals surface area contributed by atoms with Crippen molar-refractivity contribution in [3.8, 4) is 66.6 Å². The number of nitriles is 2. The molecular formula is C86H74BBrClF8IN5NaO12S3. The molecule has 10 aromatic carbocycles. The largest absolute Gasteiger partial charge is 1.00 e. The number of hydrogen-bond donors (Lipinski definition) is 3. The smallest absolute Gasteiger partial charge is 0.696 e. The summed E-state index contributed by atoms with van der Waals surface area (Å²) in [4.78, 5) is 74.2. The zero-order valence-electron chi connectivity index (χ0n) is 64.2. The van der Waals surface area contributed by atoms with E-state index in [1.807, 2.05) is 76.3 Å². The van der Waals surface area contributed by atoms with Crippen LogP contribution in [0.1, 0.15) is 55.3 Å². The van der Waals surface area contributed by atoms with Gasteiger partial charge in [0.15, 0.2) is 40.5 Å². The van der Waals surface area contributed by atoms with Gasteiger partial charge in [0.1, 0.15) is 34.5 Å². The Bertz CT molecular complexity index is 5030. The normalized spacial score (nSPS) is 12.7. The fourth-order valence-corrected chi connectivity index (χ4v) is 11.7. The second-order valence-electron chi connectivity index (χ2n) is 24.2. The second-order valence-corrected chi connectivity index (χ2v) is 28.2. The maximum absolute atomic E-state index is 13.1. The SMILES string of the molecule is CC(=O)c1ccc(-c2ccc(F)cc2)cc1.CC(=O)c1ccc(Cl)cc1.COC(=O)C1CN(c2nc(-c3ccc(-c4ccc(F)cc4)cc3)cs2)CCO1.COC(=O)C1CNCCO1.FC(F)(F)I.N#CSCC(=O)c1ccc(-c2ccc(F)cc2)cc1.N#C[S-].O=C(CBr)c1ccc(-c2ccc(F)cc2)cc1.OB(O)c1ccc(F)cc1.[Na+]. The van der Waals surface area contributed by atoms with Crippen LogP contribution in [0.15, 0.2) is 248 Å². The van der Waals surface area contributed by atoms with Gasteiger partial charge in [-0.15, -0.1) is 11.3 Å². The van der Waals surface area contributed by atoms with Gasteiger partial charge in [-0.2, -0.15) is 18.4 Å². The summed E-state index contributed by atoms with van der Waals surface area (Å²) in [6, 6.07) is 66.7. The standard InChI is InChI=1S/C21H19FN2O3S.C15H10FNOS.C14H10BrFO.C14H11FO.C8H7ClO.C6H6BFO2.C6H11NO3.CF3I.CHNS.Na/c1-26-20(25)19-12-24(10-11-27-19)21-23-18(13-28-21)16-4-2-14(3-5-16)15-6-8-17(22)9-7-15;16-14-7-5-12(6-8-14)11-1-3-13(4-2-11)15(18)9-19-10-17;15-9-14(17)12-3-1-10(2-4-12)11-5-7-13(16)8-6-11;1-10(16)11-2-4-12(5-3-11)13-6-8-14(15)9-7-13;1-6(10)7-2-4-8(9)5-3-7;8-6-3-1-5(2-4-6)7(9)10;1-9-6(8)5-4-7-2-3-10-5;2-1(3,4)5;2-1-3;/h2-9,13,19H,10-12H2,1H3;1-8H,9H2;1-8H,9H2;2-9H,1H3;2-5H,1H3;1-4,9-10H;5,7H,2-4H2,1H3;;3H;/q;;;;;;;;;+1/p-1. The van der Waals surface area contributed by atoms with Crippen LogP contribution in [0.3, 0.4) is 0 Å². The summed E-state index contributed by atoms with van der Waals surface area (Å²) in [5.74, 6) is -1.81. The van der Waals surface area contributed by atoms with Gasteiger partial charge in [-0.05, 0) is 161 Å². The maximum Gasteiger partial charge on any atom is 1.00 e. The van der Waals surface area contributed by atoms with Crippen molar-refractivity contribution in [2.24, 2.45) is 0 Å². The van der Waals surface area contributed by atoms with Gasteiger partial charge >= 0.3 is 52.8 Å². The molecule has 0 aliphatic carbocycles. The number of aromatic nitrogens is 1. The van der Waals surface area contributed by atoms with Gasteiger partial charge in [0.2, 0.25) is 0 Å². The molecule has 119 heavy (non-hydrogen) atoms. The first kappa shape index (κ1) is 102. The van der Waals surface area contributed by atoms with Crippen molar-refractivity contribution < 1.29 is 122 Å². The number of alkyl halides is 5. The van der Waals surface area contributed by atoms with E-state index in [2.05, 4.69) is 38.6 Å². The number of rotatable bonds is 16. The molecule has 2 atom stereocenters. The molecule has 614 valence electrons. The quantitative estimate of drug-likeness (QED) is 0.0119. The number of thiocyanates is 2. The number of esters is 2. The Morgan fingerprint density at radius 3 is 1.23 bits per heavy atom. The van der Waals surface area contributed by atoms with E-state index in [-0.39, 0.29) is 99.5 Å². The maximum atomic E-state index is 13.1. The number of carbonyl (C=O) groups is 6. The molecule has 0 spiro atoms. The molecule has 11 aromatic rings. The molecule has 33 heteroatoms. The Labute approximate surface area is 746 Å². The number of thiazole rings is 1. The number of nitrogens with zero attached hydrogens (tertiary/aromatic N) is 4. The zero-order chi connectivity index (χ0) is 86.7. The first-order valence-corrected chi connectivity index (χ1v) is 39.8. The van der Waals surface area contributed by atoms with Crippen molar-refractivity contribution in [3.05, 3.63) is 304 Å². The number of halogens is 11. The number of methoxy groups -OCH3 is 2. The monoisotopic (exact) mass is 1890 g/mol. The van der Waals surface area contributed by atoms with Gasteiger partial charge in [-0.3, -0.25) is 19.2 Å². The molecule has 3 N–H and O–H groups in total.